The lowest BCUT2D eigenvalue weighted by Gasteiger charge is -2.14. The van der Waals surface area contributed by atoms with Crippen molar-refractivity contribution in [1.29, 1.82) is 0 Å². The molecule has 1 aliphatic heterocycles. The van der Waals surface area contributed by atoms with Crippen molar-refractivity contribution in [3.05, 3.63) is 45.3 Å². The standard InChI is InChI=1S/C19H20N2O5/c1-10(2)13-8-14-12(7-18(23)26-16(14)6-11(13)3)9-25-19(24)15-4-5-17(22)21-20-15/h6-8,10H,4-5,9H2,1-3H3,(H,21,22). The summed E-state index contributed by atoms with van der Waals surface area (Å²) in [6.45, 7) is 6.07. The lowest BCUT2D eigenvalue weighted by molar-refractivity contribution is -0.137. The third-order valence-corrected chi connectivity index (χ3v) is 4.34. The number of aryl methyl sites for hydroxylation is 1. The molecule has 1 aromatic heterocycles. The number of nitrogens with one attached hydrogen (secondary N) is 1. The molecule has 1 aromatic carbocycles. The van der Waals surface area contributed by atoms with E-state index >= 15 is 0 Å². The number of hydrogen-bond donors (Lipinski definition) is 1. The van der Waals surface area contributed by atoms with Crippen molar-refractivity contribution >= 4 is 28.6 Å². The van der Waals surface area contributed by atoms with Gasteiger partial charge in [0.25, 0.3) is 0 Å². The second-order valence-electron chi connectivity index (χ2n) is 6.62. The molecule has 136 valence electrons. The van der Waals surface area contributed by atoms with Gasteiger partial charge in [0.15, 0.2) is 0 Å². The maximum atomic E-state index is 12.1. The largest absolute Gasteiger partial charge is 0.456 e. The maximum Gasteiger partial charge on any atom is 0.354 e. The molecule has 26 heavy (non-hydrogen) atoms. The minimum absolute atomic E-state index is 0.0749. The number of hydrazone groups is 1. The van der Waals surface area contributed by atoms with Crippen molar-refractivity contribution in [3.63, 3.8) is 0 Å². The number of nitrogens with zero attached hydrogens (tertiary/aromatic N) is 1. The summed E-state index contributed by atoms with van der Waals surface area (Å²) in [6.07, 6.45) is 0.432. The predicted molar refractivity (Wildman–Crippen MR) is 95.9 cm³/mol. The monoisotopic (exact) mass is 356 g/mol. The molecule has 0 radical (unpaired) electrons. The summed E-state index contributed by atoms with van der Waals surface area (Å²) >= 11 is 0. The van der Waals surface area contributed by atoms with Crippen LogP contribution in [0.1, 0.15) is 49.3 Å². The molecule has 0 atom stereocenters. The van der Waals surface area contributed by atoms with Gasteiger partial charge in [0.2, 0.25) is 5.91 Å². The fourth-order valence-electron chi connectivity index (χ4n) is 2.98. The van der Waals surface area contributed by atoms with Crippen LogP contribution >= 0.6 is 0 Å². The van der Waals surface area contributed by atoms with E-state index in [1.807, 2.05) is 19.1 Å². The summed E-state index contributed by atoms with van der Waals surface area (Å²) < 4.78 is 10.6. The van der Waals surface area contributed by atoms with Crippen LogP contribution in [0.3, 0.4) is 0 Å². The van der Waals surface area contributed by atoms with Gasteiger partial charge in [0.05, 0.1) is 0 Å². The van der Waals surface area contributed by atoms with Crippen molar-refractivity contribution < 1.29 is 18.7 Å². The van der Waals surface area contributed by atoms with Gasteiger partial charge in [0, 0.05) is 29.9 Å². The average molecular weight is 356 g/mol. The maximum absolute atomic E-state index is 12.1. The van der Waals surface area contributed by atoms with Crippen molar-refractivity contribution in [2.24, 2.45) is 5.10 Å². The van der Waals surface area contributed by atoms with E-state index in [0.29, 0.717) is 17.1 Å². The lowest BCUT2D eigenvalue weighted by atomic mass is 9.95. The van der Waals surface area contributed by atoms with Gasteiger partial charge in [-0.05, 0) is 36.1 Å². The molecule has 0 bridgehead atoms. The lowest BCUT2D eigenvalue weighted by Crippen LogP contribution is -2.30. The summed E-state index contributed by atoms with van der Waals surface area (Å²) in [5.41, 5.74) is 5.14. The van der Waals surface area contributed by atoms with E-state index in [1.165, 1.54) is 6.07 Å². The third-order valence-electron chi connectivity index (χ3n) is 4.34. The van der Waals surface area contributed by atoms with Gasteiger partial charge in [-0.2, -0.15) is 5.10 Å². The van der Waals surface area contributed by atoms with Crippen LogP contribution in [-0.2, 0) is 20.9 Å². The molecule has 0 aliphatic carbocycles. The third kappa shape index (κ3) is 3.66. The molecule has 1 N–H and O–H groups in total. The Morgan fingerprint density at radius 3 is 2.69 bits per heavy atom. The van der Waals surface area contributed by atoms with Gasteiger partial charge in [-0.15, -0.1) is 0 Å². The Bertz CT molecular complexity index is 972. The SMILES string of the molecule is Cc1cc2oc(=O)cc(COC(=O)C3=NNC(=O)CC3)c2cc1C(C)C. The second kappa shape index (κ2) is 7.11. The molecule has 2 aromatic rings. The van der Waals surface area contributed by atoms with Crippen LogP contribution in [0.25, 0.3) is 11.0 Å². The minimum Gasteiger partial charge on any atom is -0.456 e. The highest BCUT2D eigenvalue weighted by Gasteiger charge is 2.20. The Morgan fingerprint density at radius 2 is 2.04 bits per heavy atom. The summed E-state index contributed by atoms with van der Waals surface area (Å²) in [7, 11) is 0. The van der Waals surface area contributed by atoms with Gasteiger partial charge in [-0.3, -0.25) is 4.79 Å². The van der Waals surface area contributed by atoms with Gasteiger partial charge < -0.3 is 9.15 Å². The molecule has 2 heterocycles. The Morgan fingerprint density at radius 1 is 1.27 bits per heavy atom. The molecule has 0 saturated carbocycles. The first-order chi connectivity index (χ1) is 12.3. The highest BCUT2D eigenvalue weighted by atomic mass is 16.5. The van der Waals surface area contributed by atoms with Gasteiger partial charge in [0.1, 0.15) is 17.9 Å². The molecule has 7 heteroatoms. The first-order valence-electron chi connectivity index (χ1n) is 8.45. The zero-order valence-electron chi connectivity index (χ0n) is 14.9. The molecule has 0 fully saturated rings. The topological polar surface area (TPSA) is 98.0 Å². The Labute approximate surface area is 150 Å². The summed E-state index contributed by atoms with van der Waals surface area (Å²) in [5, 5.41) is 4.46. The van der Waals surface area contributed by atoms with E-state index < -0.39 is 11.6 Å². The van der Waals surface area contributed by atoms with Crippen LogP contribution in [0.2, 0.25) is 0 Å². The first kappa shape index (κ1) is 17.8. The number of rotatable bonds is 4. The molecule has 3 rings (SSSR count). The zero-order valence-corrected chi connectivity index (χ0v) is 14.9. The van der Waals surface area contributed by atoms with Gasteiger partial charge in [-0.1, -0.05) is 13.8 Å². The van der Waals surface area contributed by atoms with E-state index in [1.54, 1.807) is 0 Å². The molecule has 0 saturated heterocycles. The Kier molecular flexibility index (Phi) is 4.88. The quantitative estimate of drug-likeness (QED) is 0.670. The highest BCUT2D eigenvalue weighted by molar-refractivity contribution is 6.37. The molecule has 1 amide bonds. The Balaban J connectivity index is 1.89. The average Bonchev–Trinajstić information content (AvgIpc) is 2.59. The number of carbonyl (C=O) groups excluding carboxylic acids is 2. The van der Waals surface area contributed by atoms with E-state index in [4.69, 9.17) is 9.15 Å². The minimum atomic E-state index is -0.609. The summed E-state index contributed by atoms with van der Waals surface area (Å²) in [6, 6.07) is 5.14. The van der Waals surface area contributed by atoms with E-state index in [9.17, 15) is 14.4 Å². The van der Waals surface area contributed by atoms with E-state index in [0.717, 1.165) is 16.5 Å². The van der Waals surface area contributed by atoms with Crippen LogP contribution in [0.5, 0.6) is 0 Å². The normalized spacial score (nSPS) is 14.3. The Hall–Kier alpha value is -2.96. The van der Waals surface area contributed by atoms with Crippen molar-refractivity contribution in [3.8, 4) is 0 Å². The number of hydrogen-bond acceptors (Lipinski definition) is 6. The van der Waals surface area contributed by atoms with Gasteiger partial charge >= 0.3 is 11.6 Å². The van der Waals surface area contributed by atoms with Crippen molar-refractivity contribution in [2.75, 3.05) is 0 Å². The molecule has 0 unspecified atom stereocenters. The number of ether oxygens (including phenoxy) is 1. The van der Waals surface area contributed by atoms with Crippen LogP contribution in [0, 0.1) is 6.92 Å². The number of carbonyl (C=O) groups is 2. The number of esters is 1. The molecule has 7 nitrogen and oxygen atoms in total. The van der Waals surface area contributed by atoms with E-state index in [2.05, 4.69) is 24.4 Å². The second-order valence-corrected chi connectivity index (χ2v) is 6.62. The van der Waals surface area contributed by atoms with Crippen LogP contribution in [0.15, 0.2) is 32.5 Å². The molecule has 1 aliphatic rings. The highest BCUT2D eigenvalue weighted by Crippen LogP contribution is 2.27. The smallest absolute Gasteiger partial charge is 0.354 e. The number of amides is 1. The molecular formula is C19H20N2O5. The summed E-state index contributed by atoms with van der Waals surface area (Å²) in [5.74, 6) is -0.533. The molecular weight excluding hydrogens is 336 g/mol. The number of benzene rings is 1. The van der Waals surface area contributed by atoms with Crippen LogP contribution in [-0.4, -0.2) is 17.6 Å². The van der Waals surface area contributed by atoms with Crippen LogP contribution in [0.4, 0.5) is 0 Å². The van der Waals surface area contributed by atoms with Crippen molar-refractivity contribution in [1.82, 2.24) is 5.43 Å². The van der Waals surface area contributed by atoms with Gasteiger partial charge in [-0.25, -0.2) is 15.0 Å². The number of fused-ring (bicyclic) bond motifs is 1. The van der Waals surface area contributed by atoms with Crippen LogP contribution < -0.4 is 11.1 Å². The van der Waals surface area contributed by atoms with E-state index in [-0.39, 0.29) is 31.1 Å². The van der Waals surface area contributed by atoms with Crippen molar-refractivity contribution in [2.45, 2.75) is 46.1 Å². The fraction of sp³-hybridized carbons (Fsp3) is 0.368. The predicted octanol–water partition coefficient (Wildman–Crippen LogP) is 2.53. The first-order valence-corrected chi connectivity index (χ1v) is 8.45. The molecule has 0 spiro atoms. The fourth-order valence-corrected chi connectivity index (χ4v) is 2.98. The summed E-state index contributed by atoms with van der Waals surface area (Å²) in [4.78, 5) is 35.1. The zero-order chi connectivity index (χ0) is 18.8.